The van der Waals surface area contributed by atoms with Gasteiger partial charge in [-0.1, -0.05) is 19.3 Å². The first-order chi connectivity index (χ1) is 15.9. The fourth-order valence-electron chi connectivity index (χ4n) is 3.48. The summed E-state index contributed by atoms with van der Waals surface area (Å²) in [5, 5.41) is 13.6. The van der Waals surface area contributed by atoms with E-state index in [1.165, 1.54) is 0 Å². The molecule has 0 saturated carbocycles. The van der Waals surface area contributed by atoms with Crippen LogP contribution in [0.1, 0.15) is 50.5 Å². The summed E-state index contributed by atoms with van der Waals surface area (Å²) < 4.78 is 65.1. The van der Waals surface area contributed by atoms with Gasteiger partial charge in [0.1, 0.15) is 0 Å². The topological polar surface area (TPSA) is 87.7 Å². The van der Waals surface area contributed by atoms with Gasteiger partial charge in [-0.3, -0.25) is 4.79 Å². The lowest BCUT2D eigenvalue weighted by molar-refractivity contribution is -0.871. The summed E-state index contributed by atoms with van der Waals surface area (Å²) in [6.07, 6.45) is 3.48. The number of nitrogens with zero attached hydrogens (tertiary/aromatic N) is 1. The molecule has 1 atom stereocenters. The van der Waals surface area contributed by atoms with Crippen LogP contribution in [-0.4, -0.2) is 63.8 Å². The van der Waals surface area contributed by atoms with Gasteiger partial charge in [-0.15, -0.1) is 0 Å². The zero-order chi connectivity index (χ0) is 25.9. The molecule has 0 aromatic heterocycles. The molecule has 7 nitrogen and oxygen atoms in total. The molecular weight excluding hydrogens is 460 g/mol. The number of hydrogen-bond donors (Lipinski definition) is 1. The van der Waals surface area contributed by atoms with Crippen molar-refractivity contribution >= 4 is 11.9 Å². The van der Waals surface area contributed by atoms with E-state index < -0.39 is 53.2 Å². The first-order valence-corrected chi connectivity index (χ1v) is 11.1. The van der Waals surface area contributed by atoms with Crippen molar-refractivity contribution in [2.24, 2.45) is 0 Å². The molecule has 0 aliphatic heterocycles. The van der Waals surface area contributed by atoms with Crippen molar-refractivity contribution < 1.29 is 46.2 Å². The minimum Gasteiger partial charge on any atom is -0.550 e. The summed E-state index contributed by atoms with van der Waals surface area (Å²) in [6, 6.07) is -0.503. The summed E-state index contributed by atoms with van der Waals surface area (Å²) in [5.74, 6) is -8.84. The number of nitrogens with one attached hydrogen (secondary N) is 1. The van der Waals surface area contributed by atoms with Gasteiger partial charge in [-0.25, -0.2) is 8.78 Å². The van der Waals surface area contributed by atoms with Crippen LogP contribution in [-0.2, 0) is 20.9 Å². The van der Waals surface area contributed by atoms with Crippen LogP contribution in [0.5, 0.6) is 5.75 Å². The number of carboxylic acid groups (broad SMARTS) is 1. The molecule has 11 heteroatoms. The third-order valence-electron chi connectivity index (χ3n) is 5.00. The number of benzene rings is 1. The second-order valence-electron chi connectivity index (χ2n) is 9.15. The van der Waals surface area contributed by atoms with Gasteiger partial charge < -0.3 is 29.2 Å². The third-order valence-corrected chi connectivity index (χ3v) is 5.00. The van der Waals surface area contributed by atoms with Crippen LogP contribution in [0.4, 0.5) is 17.6 Å². The minimum absolute atomic E-state index is 0.143. The maximum absolute atomic E-state index is 13.9. The molecule has 0 aliphatic rings. The lowest BCUT2D eigenvalue weighted by atomic mass is 10.1. The van der Waals surface area contributed by atoms with E-state index in [4.69, 9.17) is 4.74 Å². The Morgan fingerprint density at radius 3 is 2.03 bits per heavy atom. The zero-order valence-corrected chi connectivity index (χ0v) is 20.1. The van der Waals surface area contributed by atoms with Crippen LogP contribution < -0.4 is 15.2 Å². The number of carbonyl (C=O) groups excluding carboxylic acids is 2. The Bertz CT molecular complexity index is 802. The summed E-state index contributed by atoms with van der Waals surface area (Å²) in [6.45, 7) is -0.0100. The quantitative estimate of drug-likeness (QED) is 0.165. The molecule has 0 fully saturated rings. The van der Waals surface area contributed by atoms with Crippen molar-refractivity contribution in [1.29, 1.82) is 0 Å². The molecule has 1 aromatic rings. The highest BCUT2D eigenvalue weighted by molar-refractivity contribution is 5.77. The molecule has 1 aromatic carbocycles. The number of halogens is 4. The van der Waals surface area contributed by atoms with E-state index in [-0.39, 0.29) is 25.4 Å². The number of hydrogen-bond acceptors (Lipinski definition) is 5. The molecule has 194 valence electrons. The fraction of sp³-hybridized carbons (Fsp3) is 0.652. The van der Waals surface area contributed by atoms with Gasteiger partial charge in [0.15, 0.2) is 17.4 Å². The summed E-state index contributed by atoms with van der Waals surface area (Å²) >= 11 is 0. The maximum atomic E-state index is 13.9. The van der Waals surface area contributed by atoms with Gasteiger partial charge in [-0.05, 0) is 12.8 Å². The molecule has 0 radical (unpaired) electrons. The predicted octanol–water partition coefficient (Wildman–Crippen LogP) is 2.44. The Morgan fingerprint density at radius 1 is 0.941 bits per heavy atom. The first-order valence-electron chi connectivity index (χ1n) is 11.1. The summed E-state index contributed by atoms with van der Waals surface area (Å²) in [5.41, 5.74) is -0.830. The number of aliphatic carboxylic acids is 1. The molecule has 0 heterocycles. The molecule has 1 amide bonds. The number of ether oxygens (including phenoxy) is 2. The van der Waals surface area contributed by atoms with E-state index in [0.717, 1.165) is 26.4 Å². The van der Waals surface area contributed by atoms with E-state index in [9.17, 15) is 32.3 Å². The molecular formula is C23H34F4N2O5. The van der Waals surface area contributed by atoms with Crippen molar-refractivity contribution in [3.63, 3.8) is 0 Å². The van der Waals surface area contributed by atoms with E-state index in [1.54, 1.807) is 0 Å². The second-order valence-corrected chi connectivity index (χ2v) is 9.15. The highest BCUT2D eigenvalue weighted by atomic mass is 19.2. The zero-order valence-electron chi connectivity index (χ0n) is 20.1. The number of carbonyl (C=O) groups is 2. The third kappa shape index (κ3) is 10.3. The Balaban J connectivity index is 2.27. The summed E-state index contributed by atoms with van der Waals surface area (Å²) in [7, 11) is 6.61. The van der Waals surface area contributed by atoms with Gasteiger partial charge in [0.25, 0.3) is 0 Å². The normalized spacial score (nSPS) is 12.5. The van der Waals surface area contributed by atoms with E-state index in [0.29, 0.717) is 23.9 Å². The van der Waals surface area contributed by atoms with Crippen LogP contribution in [0.3, 0.4) is 0 Å². The number of unbranched alkanes of at least 4 members (excludes halogenated alkanes) is 4. The molecule has 1 rings (SSSR count). The van der Waals surface area contributed by atoms with Gasteiger partial charge in [-0.2, -0.15) is 8.78 Å². The predicted molar refractivity (Wildman–Crippen MR) is 115 cm³/mol. The number of quaternary nitrogens is 1. The lowest BCUT2D eigenvalue weighted by Gasteiger charge is -2.30. The Kier molecular flexibility index (Phi) is 12.3. The molecule has 0 saturated heterocycles. The van der Waals surface area contributed by atoms with Gasteiger partial charge in [0.2, 0.25) is 17.5 Å². The number of carboxylic acids is 1. The maximum Gasteiger partial charge on any atom is 0.220 e. The van der Waals surface area contributed by atoms with Crippen molar-refractivity contribution in [2.45, 2.75) is 57.6 Å². The van der Waals surface area contributed by atoms with Crippen molar-refractivity contribution in [3.8, 4) is 5.75 Å². The van der Waals surface area contributed by atoms with E-state index >= 15 is 0 Å². The molecule has 34 heavy (non-hydrogen) atoms. The van der Waals surface area contributed by atoms with Crippen molar-refractivity contribution in [1.82, 2.24) is 5.32 Å². The van der Waals surface area contributed by atoms with Crippen LogP contribution in [0, 0.1) is 23.3 Å². The average molecular weight is 495 g/mol. The second kappa shape index (κ2) is 14.1. The van der Waals surface area contributed by atoms with Gasteiger partial charge >= 0.3 is 0 Å². The minimum atomic E-state index is -1.60. The van der Waals surface area contributed by atoms with Gasteiger partial charge in [0, 0.05) is 25.4 Å². The number of likely N-dealkylation sites (N-methyl/N-ethyl adjacent to an activating group) is 1. The molecule has 0 unspecified atom stereocenters. The highest BCUT2D eigenvalue weighted by Crippen LogP contribution is 2.30. The number of methoxy groups -OCH3 is 1. The molecule has 1 N–H and O–H groups in total. The average Bonchev–Trinajstić information content (AvgIpc) is 2.72. The molecule has 0 aliphatic carbocycles. The van der Waals surface area contributed by atoms with Crippen LogP contribution >= 0.6 is 0 Å². The Labute approximate surface area is 197 Å². The Morgan fingerprint density at radius 2 is 1.50 bits per heavy atom. The van der Waals surface area contributed by atoms with E-state index in [2.05, 4.69) is 10.1 Å². The smallest absolute Gasteiger partial charge is 0.220 e. The first kappa shape index (κ1) is 29.6. The largest absolute Gasteiger partial charge is 0.550 e. The molecule has 0 bridgehead atoms. The summed E-state index contributed by atoms with van der Waals surface area (Å²) in [4.78, 5) is 23.0. The number of amides is 1. The highest BCUT2D eigenvalue weighted by Gasteiger charge is 2.26. The van der Waals surface area contributed by atoms with Crippen LogP contribution in [0.25, 0.3) is 0 Å². The fourth-order valence-corrected chi connectivity index (χ4v) is 3.48. The SMILES string of the molecule is COc1c(F)c(F)c(COCCCCCCCC(=O)N[C@H](CC(=O)[O-])C[N+](C)(C)C)c(F)c1F. The van der Waals surface area contributed by atoms with Crippen LogP contribution in [0.2, 0.25) is 0 Å². The standard InChI is InChI=1S/C23H34F4N2O5/c1-29(2,3)13-15(12-18(31)32)28-17(30)10-8-6-5-7-9-11-34-14-16-19(24)21(26)23(33-4)22(27)20(16)25/h15H,5-14H2,1-4H3,(H-,28,30,31,32)/t15-/m1/s1. The number of rotatable bonds is 16. The van der Waals surface area contributed by atoms with Crippen molar-refractivity contribution in [3.05, 3.63) is 28.8 Å². The monoisotopic (exact) mass is 494 g/mol. The van der Waals surface area contributed by atoms with E-state index in [1.807, 2.05) is 21.1 Å². The van der Waals surface area contributed by atoms with Crippen LogP contribution in [0.15, 0.2) is 0 Å². The Hall–Kier alpha value is -2.40. The lowest BCUT2D eigenvalue weighted by Crippen LogP contribution is -2.50. The van der Waals surface area contributed by atoms with Gasteiger partial charge in [0.05, 0.1) is 53.0 Å². The molecule has 0 spiro atoms. The van der Waals surface area contributed by atoms with Crippen molar-refractivity contribution in [2.75, 3.05) is 41.4 Å².